The molecule has 0 spiro atoms. The standard InChI is InChI=1S/C11H12INO2/c1-2-3-10(14)8-5-4-7(11(13)15)6-9(8)12/h4-6H,2-3H2,1H3,(H2,13,15). The summed E-state index contributed by atoms with van der Waals surface area (Å²) >= 11 is 2.05. The number of hydrogen-bond donors (Lipinski definition) is 1. The Morgan fingerprint density at radius 1 is 1.40 bits per heavy atom. The van der Waals surface area contributed by atoms with Gasteiger partial charge in [-0.05, 0) is 47.2 Å². The highest BCUT2D eigenvalue weighted by atomic mass is 127. The Hall–Kier alpha value is -0.910. The van der Waals surface area contributed by atoms with E-state index in [0.717, 1.165) is 9.99 Å². The van der Waals surface area contributed by atoms with E-state index in [-0.39, 0.29) is 5.78 Å². The molecule has 0 aliphatic carbocycles. The zero-order valence-corrected chi connectivity index (χ0v) is 10.6. The fourth-order valence-corrected chi connectivity index (χ4v) is 2.07. The van der Waals surface area contributed by atoms with E-state index < -0.39 is 5.91 Å². The number of Topliss-reactive ketones (excluding diaryl/α,β-unsaturated/α-hetero) is 1. The second-order valence-electron chi connectivity index (χ2n) is 3.23. The molecule has 1 rings (SSSR count). The number of carbonyl (C=O) groups excluding carboxylic acids is 2. The van der Waals surface area contributed by atoms with Crippen LogP contribution in [0.3, 0.4) is 0 Å². The molecule has 0 radical (unpaired) electrons. The van der Waals surface area contributed by atoms with Crippen molar-refractivity contribution in [3.05, 3.63) is 32.9 Å². The van der Waals surface area contributed by atoms with Gasteiger partial charge in [0.25, 0.3) is 0 Å². The van der Waals surface area contributed by atoms with Crippen LogP contribution in [0.5, 0.6) is 0 Å². The molecule has 0 atom stereocenters. The van der Waals surface area contributed by atoms with E-state index in [1.165, 1.54) is 0 Å². The van der Waals surface area contributed by atoms with Gasteiger partial charge in [-0.15, -0.1) is 0 Å². The molecule has 0 saturated carbocycles. The third-order valence-corrected chi connectivity index (χ3v) is 2.92. The van der Waals surface area contributed by atoms with Crippen LogP contribution in [0.15, 0.2) is 18.2 Å². The van der Waals surface area contributed by atoms with Gasteiger partial charge in [0.05, 0.1) is 0 Å². The fraction of sp³-hybridized carbons (Fsp3) is 0.273. The number of nitrogens with two attached hydrogens (primary N) is 1. The van der Waals surface area contributed by atoms with E-state index in [4.69, 9.17) is 5.73 Å². The lowest BCUT2D eigenvalue weighted by molar-refractivity contribution is 0.0975. The molecule has 0 aromatic heterocycles. The maximum absolute atomic E-state index is 11.6. The number of primary amides is 1. The number of benzene rings is 1. The van der Waals surface area contributed by atoms with Gasteiger partial charge < -0.3 is 5.73 Å². The first-order valence-electron chi connectivity index (χ1n) is 4.68. The Bertz CT molecular complexity index is 402. The molecule has 1 aromatic carbocycles. The van der Waals surface area contributed by atoms with Crippen molar-refractivity contribution in [3.8, 4) is 0 Å². The Morgan fingerprint density at radius 3 is 2.53 bits per heavy atom. The summed E-state index contributed by atoms with van der Waals surface area (Å²) in [5, 5.41) is 0. The van der Waals surface area contributed by atoms with Gasteiger partial charge >= 0.3 is 0 Å². The van der Waals surface area contributed by atoms with Gasteiger partial charge in [0.1, 0.15) is 0 Å². The fourth-order valence-electron chi connectivity index (χ4n) is 1.26. The molecule has 0 saturated heterocycles. The summed E-state index contributed by atoms with van der Waals surface area (Å²) < 4.78 is 0.780. The largest absolute Gasteiger partial charge is 0.366 e. The molecular weight excluding hydrogens is 305 g/mol. The predicted octanol–water partition coefficient (Wildman–Crippen LogP) is 2.37. The third kappa shape index (κ3) is 3.02. The summed E-state index contributed by atoms with van der Waals surface area (Å²) in [6.45, 7) is 1.96. The van der Waals surface area contributed by atoms with Gasteiger partial charge in [0, 0.05) is 21.1 Å². The Kier molecular flexibility index (Phi) is 4.26. The summed E-state index contributed by atoms with van der Waals surface area (Å²) in [4.78, 5) is 22.5. The number of ketones is 1. The zero-order valence-electron chi connectivity index (χ0n) is 8.42. The minimum absolute atomic E-state index is 0.109. The quantitative estimate of drug-likeness (QED) is 0.684. The van der Waals surface area contributed by atoms with Crippen LogP contribution >= 0.6 is 22.6 Å². The molecule has 80 valence electrons. The van der Waals surface area contributed by atoms with E-state index >= 15 is 0 Å². The highest BCUT2D eigenvalue weighted by Crippen LogP contribution is 2.16. The van der Waals surface area contributed by atoms with Crippen LogP contribution in [0.4, 0.5) is 0 Å². The molecule has 1 amide bonds. The second kappa shape index (κ2) is 5.25. The lowest BCUT2D eigenvalue weighted by Gasteiger charge is -2.04. The number of amides is 1. The Morgan fingerprint density at radius 2 is 2.07 bits per heavy atom. The van der Waals surface area contributed by atoms with Gasteiger partial charge in [-0.1, -0.05) is 6.92 Å². The molecule has 0 unspecified atom stereocenters. The van der Waals surface area contributed by atoms with Crippen molar-refractivity contribution in [1.82, 2.24) is 0 Å². The maximum Gasteiger partial charge on any atom is 0.248 e. The van der Waals surface area contributed by atoms with Gasteiger partial charge in [-0.25, -0.2) is 0 Å². The number of carbonyl (C=O) groups is 2. The summed E-state index contributed by atoms with van der Waals surface area (Å²) in [5.41, 5.74) is 6.25. The highest BCUT2D eigenvalue weighted by Gasteiger charge is 2.10. The Balaban J connectivity index is 3.03. The van der Waals surface area contributed by atoms with Crippen molar-refractivity contribution in [2.45, 2.75) is 19.8 Å². The topological polar surface area (TPSA) is 60.2 Å². The summed E-state index contributed by atoms with van der Waals surface area (Å²) in [7, 11) is 0. The van der Waals surface area contributed by atoms with Crippen LogP contribution in [-0.4, -0.2) is 11.7 Å². The van der Waals surface area contributed by atoms with Crippen LogP contribution < -0.4 is 5.73 Å². The van der Waals surface area contributed by atoms with E-state index in [1.807, 2.05) is 29.5 Å². The van der Waals surface area contributed by atoms with Crippen molar-refractivity contribution >= 4 is 34.3 Å². The van der Waals surface area contributed by atoms with E-state index in [1.54, 1.807) is 18.2 Å². The summed E-state index contributed by atoms with van der Waals surface area (Å²) in [6.07, 6.45) is 1.36. The lowest BCUT2D eigenvalue weighted by Crippen LogP contribution is -2.12. The number of rotatable bonds is 4. The van der Waals surface area contributed by atoms with Crippen molar-refractivity contribution in [2.75, 3.05) is 0 Å². The average Bonchev–Trinajstić information content (AvgIpc) is 2.17. The molecule has 0 bridgehead atoms. The molecule has 0 aliphatic heterocycles. The van der Waals surface area contributed by atoms with Crippen molar-refractivity contribution in [3.63, 3.8) is 0 Å². The van der Waals surface area contributed by atoms with E-state index in [2.05, 4.69) is 0 Å². The van der Waals surface area contributed by atoms with E-state index in [0.29, 0.717) is 17.5 Å². The third-order valence-electron chi connectivity index (χ3n) is 2.03. The molecule has 0 heterocycles. The van der Waals surface area contributed by atoms with Gasteiger partial charge in [-0.2, -0.15) is 0 Å². The van der Waals surface area contributed by atoms with Crippen LogP contribution in [0, 0.1) is 3.57 Å². The smallest absolute Gasteiger partial charge is 0.248 e. The van der Waals surface area contributed by atoms with Crippen LogP contribution in [0.25, 0.3) is 0 Å². The lowest BCUT2D eigenvalue weighted by atomic mass is 10.0. The maximum atomic E-state index is 11.6. The van der Waals surface area contributed by atoms with E-state index in [9.17, 15) is 9.59 Å². The molecule has 2 N–H and O–H groups in total. The summed E-state index contributed by atoms with van der Waals surface area (Å²) in [5.74, 6) is -0.361. The van der Waals surface area contributed by atoms with Crippen molar-refractivity contribution in [1.29, 1.82) is 0 Å². The molecule has 3 nitrogen and oxygen atoms in total. The predicted molar refractivity (Wildman–Crippen MR) is 66.9 cm³/mol. The second-order valence-corrected chi connectivity index (χ2v) is 4.39. The minimum Gasteiger partial charge on any atom is -0.366 e. The van der Waals surface area contributed by atoms with Crippen molar-refractivity contribution in [2.24, 2.45) is 5.73 Å². The Labute approximate surface area is 102 Å². The number of hydrogen-bond acceptors (Lipinski definition) is 2. The first kappa shape index (κ1) is 12.2. The molecule has 15 heavy (non-hydrogen) atoms. The first-order chi connectivity index (χ1) is 7.06. The molecule has 0 fully saturated rings. The monoisotopic (exact) mass is 317 g/mol. The molecular formula is C11H12INO2. The number of halogens is 1. The van der Waals surface area contributed by atoms with Crippen LogP contribution in [0.1, 0.15) is 40.5 Å². The van der Waals surface area contributed by atoms with Crippen molar-refractivity contribution < 1.29 is 9.59 Å². The molecule has 0 aliphatic rings. The minimum atomic E-state index is -0.470. The zero-order chi connectivity index (χ0) is 11.4. The molecule has 4 heteroatoms. The first-order valence-corrected chi connectivity index (χ1v) is 5.76. The van der Waals surface area contributed by atoms with Gasteiger partial charge in [-0.3, -0.25) is 9.59 Å². The highest BCUT2D eigenvalue weighted by molar-refractivity contribution is 14.1. The normalized spacial score (nSPS) is 10.0. The van der Waals surface area contributed by atoms with Crippen LogP contribution in [-0.2, 0) is 0 Å². The van der Waals surface area contributed by atoms with Gasteiger partial charge in [0.15, 0.2) is 5.78 Å². The van der Waals surface area contributed by atoms with Crippen LogP contribution in [0.2, 0.25) is 0 Å². The average molecular weight is 317 g/mol. The van der Waals surface area contributed by atoms with Gasteiger partial charge in [0.2, 0.25) is 5.91 Å². The summed E-state index contributed by atoms with van der Waals surface area (Å²) in [6, 6.07) is 4.90. The SMILES string of the molecule is CCCC(=O)c1ccc(C(N)=O)cc1I. The molecule has 1 aromatic rings.